The van der Waals surface area contributed by atoms with Gasteiger partial charge in [-0.1, -0.05) is 32.4 Å². The molecule has 0 aliphatic heterocycles. The lowest BCUT2D eigenvalue weighted by Crippen LogP contribution is -2.40. The molecule has 0 spiro atoms. The smallest absolute Gasteiger partial charge is 0.411 e. The highest BCUT2D eigenvalue weighted by Gasteiger charge is 2.39. The maximum Gasteiger partial charge on any atom is 0.474 e. The molecule has 11 heteroatoms. The summed E-state index contributed by atoms with van der Waals surface area (Å²) in [6, 6.07) is 7.45. The van der Waals surface area contributed by atoms with Gasteiger partial charge in [-0.05, 0) is 48.8 Å². The number of aromatic nitrogens is 1. The SMILES string of the molecule is CC(C)(C)[Si](C)(C)OCc1cc2cc(Cl)ccc2n1CCCS(C)(=O)=NC(=O)C(F)(F)F. The van der Waals surface area contributed by atoms with E-state index in [1.807, 2.05) is 22.8 Å². The molecule has 0 aliphatic carbocycles. The van der Waals surface area contributed by atoms with Crippen LogP contribution in [0.25, 0.3) is 10.9 Å². The molecule has 1 heterocycles. The molecule has 0 N–H and O–H groups in total. The average molecular weight is 511 g/mol. The Labute approximate surface area is 193 Å². The maximum atomic E-state index is 12.5. The van der Waals surface area contributed by atoms with Crippen molar-refractivity contribution in [3.63, 3.8) is 0 Å². The Kier molecular flexibility index (Phi) is 7.96. The highest BCUT2D eigenvalue weighted by molar-refractivity contribution is 7.93. The summed E-state index contributed by atoms with van der Waals surface area (Å²) in [5, 5.41) is 1.54. The zero-order valence-electron chi connectivity index (χ0n) is 19.2. The van der Waals surface area contributed by atoms with Crippen molar-refractivity contribution in [2.24, 2.45) is 4.36 Å². The van der Waals surface area contributed by atoms with Crippen LogP contribution in [0.3, 0.4) is 0 Å². The number of hydrogen-bond acceptors (Lipinski definition) is 3. The summed E-state index contributed by atoms with van der Waals surface area (Å²) in [5.74, 6) is -2.44. The number of nitrogens with zero attached hydrogens (tertiary/aromatic N) is 2. The normalized spacial score (nSPS) is 15.1. The minimum Gasteiger partial charge on any atom is -0.411 e. The lowest BCUT2D eigenvalue weighted by atomic mass is 10.2. The quantitative estimate of drug-likeness (QED) is 0.405. The fourth-order valence-corrected chi connectivity index (χ4v) is 5.25. The van der Waals surface area contributed by atoms with Crippen LogP contribution < -0.4 is 0 Å². The molecule has 180 valence electrons. The maximum absolute atomic E-state index is 12.5. The molecule has 0 saturated heterocycles. The Morgan fingerprint density at radius 3 is 2.41 bits per heavy atom. The topological polar surface area (TPSA) is 60.7 Å². The lowest BCUT2D eigenvalue weighted by molar-refractivity contribution is -0.169. The van der Waals surface area contributed by atoms with Gasteiger partial charge < -0.3 is 8.99 Å². The van der Waals surface area contributed by atoms with Crippen molar-refractivity contribution in [3.05, 3.63) is 35.0 Å². The summed E-state index contributed by atoms with van der Waals surface area (Å²) < 4.78 is 61.0. The van der Waals surface area contributed by atoms with Gasteiger partial charge in [-0.2, -0.15) is 17.5 Å². The molecule has 0 fully saturated rings. The predicted octanol–water partition coefficient (Wildman–Crippen LogP) is 6.39. The molecule has 32 heavy (non-hydrogen) atoms. The second kappa shape index (κ2) is 9.48. The van der Waals surface area contributed by atoms with E-state index in [0.717, 1.165) is 22.9 Å². The minimum atomic E-state index is -5.12. The van der Waals surface area contributed by atoms with E-state index in [9.17, 15) is 22.2 Å². The van der Waals surface area contributed by atoms with E-state index in [0.29, 0.717) is 18.2 Å². The zero-order valence-corrected chi connectivity index (χ0v) is 21.7. The van der Waals surface area contributed by atoms with Crippen LogP contribution in [-0.2, 0) is 32.1 Å². The molecule has 1 aromatic heterocycles. The first kappa shape index (κ1) is 26.9. The molecule has 2 aromatic rings. The monoisotopic (exact) mass is 510 g/mol. The average Bonchev–Trinajstić information content (AvgIpc) is 2.94. The first-order chi connectivity index (χ1) is 14.4. The first-order valence-corrected chi connectivity index (χ1v) is 15.5. The molecule has 2 rings (SSSR count). The fourth-order valence-electron chi connectivity index (χ4n) is 2.92. The lowest BCUT2D eigenvalue weighted by Gasteiger charge is -2.36. The van der Waals surface area contributed by atoms with Crippen molar-refractivity contribution in [1.29, 1.82) is 0 Å². The molecule has 1 amide bonds. The second-order valence-corrected chi connectivity index (χ2v) is 17.2. The van der Waals surface area contributed by atoms with Crippen molar-refractivity contribution in [2.75, 3.05) is 12.0 Å². The Balaban J connectivity index is 2.27. The summed E-state index contributed by atoms with van der Waals surface area (Å²) in [6.45, 7) is 11.5. The molecular formula is C21H30ClF3N2O3SSi. The van der Waals surface area contributed by atoms with Gasteiger partial charge in [-0.3, -0.25) is 4.79 Å². The van der Waals surface area contributed by atoms with Gasteiger partial charge in [0.2, 0.25) is 0 Å². The number of hydrogen-bond donors (Lipinski definition) is 0. The van der Waals surface area contributed by atoms with Crippen LogP contribution in [0.15, 0.2) is 28.6 Å². The van der Waals surface area contributed by atoms with E-state index in [1.165, 1.54) is 0 Å². The van der Waals surface area contributed by atoms with Gasteiger partial charge >= 0.3 is 12.1 Å². The van der Waals surface area contributed by atoms with E-state index >= 15 is 0 Å². The number of halogens is 4. The van der Waals surface area contributed by atoms with Crippen LogP contribution >= 0.6 is 11.6 Å². The number of aryl methyl sites for hydroxylation is 1. The van der Waals surface area contributed by atoms with Gasteiger partial charge in [0.15, 0.2) is 8.32 Å². The summed E-state index contributed by atoms with van der Waals surface area (Å²) in [6.07, 6.45) is -3.77. The van der Waals surface area contributed by atoms with Crippen molar-refractivity contribution in [3.8, 4) is 0 Å². The molecule has 1 aromatic carbocycles. The van der Waals surface area contributed by atoms with Crippen molar-refractivity contribution in [1.82, 2.24) is 4.57 Å². The Hall–Kier alpha value is -1.36. The van der Waals surface area contributed by atoms with Crippen LogP contribution in [0.1, 0.15) is 32.9 Å². The standard InChI is InChI=1S/C21H30ClF3N2O3SSi/c1-20(2,3)32(5,6)30-14-17-13-15-12-16(22)8-9-18(15)27(17)10-7-11-31(4,29)26-19(28)21(23,24)25/h8-9,12-13H,7,10-11,14H2,1-6H3. The molecule has 1 unspecified atom stereocenters. The number of benzene rings is 1. The number of amides is 1. The van der Waals surface area contributed by atoms with Crippen LogP contribution in [0.5, 0.6) is 0 Å². The molecular weight excluding hydrogens is 481 g/mol. The number of carbonyl (C=O) groups is 1. The van der Waals surface area contributed by atoms with Crippen LogP contribution in [-0.4, -0.2) is 41.2 Å². The van der Waals surface area contributed by atoms with Gasteiger partial charge in [-0.15, -0.1) is 0 Å². The minimum absolute atomic E-state index is 0.0351. The Bertz CT molecular complexity index is 1110. The van der Waals surface area contributed by atoms with Gasteiger partial charge in [0, 0.05) is 40.2 Å². The van der Waals surface area contributed by atoms with E-state index in [4.69, 9.17) is 16.0 Å². The molecule has 1 atom stereocenters. The largest absolute Gasteiger partial charge is 0.474 e. The van der Waals surface area contributed by atoms with Crippen molar-refractivity contribution < 1.29 is 26.6 Å². The second-order valence-electron chi connectivity index (χ2n) is 9.45. The summed E-state index contributed by atoms with van der Waals surface area (Å²) in [7, 11) is -5.31. The van der Waals surface area contributed by atoms with Crippen molar-refractivity contribution >= 4 is 46.5 Å². The summed E-state index contributed by atoms with van der Waals surface area (Å²) in [5.41, 5.74) is 1.80. The molecule has 0 saturated carbocycles. The number of rotatable bonds is 7. The third-order valence-corrected chi connectivity index (χ3v) is 12.1. The third kappa shape index (κ3) is 6.82. The van der Waals surface area contributed by atoms with Gasteiger partial charge in [-0.25, -0.2) is 4.21 Å². The molecule has 0 aliphatic rings. The van der Waals surface area contributed by atoms with E-state index in [-0.39, 0.29) is 17.2 Å². The number of alkyl halides is 3. The van der Waals surface area contributed by atoms with E-state index in [2.05, 4.69) is 38.2 Å². The van der Waals surface area contributed by atoms with Crippen LogP contribution in [0, 0.1) is 0 Å². The highest BCUT2D eigenvalue weighted by Crippen LogP contribution is 2.37. The van der Waals surface area contributed by atoms with Crippen LogP contribution in [0.4, 0.5) is 13.2 Å². The molecule has 0 radical (unpaired) electrons. The third-order valence-electron chi connectivity index (χ3n) is 5.76. The fraction of sp³-hybridized carbons (Fsp3) is 0.571. The summed E-state index contributed by atoms with van der Waals surface area (Å²) in [4.78, 5) is 11.1. The number of carbonyl (C=O) groups excluding carboxylic acids is 1. The summed E-state index contributed by atoms with van der Waals surface area (Å²) >= 11 is 6.13. The zero-order chi connectivity index (χ0) is 24.5. The van der Waals surface area contributed by atoms with Gasteiger partial charge in [0.25, 0.3) is 0 Å². The van der Waals surface area contributed by atoms with E-state index in [1.54, 1.807) is 6.07 Å². The van der Waals surface area contributed by atoms with Gasteiger partial charge in [0.05, 0.1) is 16.3 Å². The number of fused-ring (bicyclic) bond motifs is 1. The first-order valence-electron chi connectivity index (χ1n) is 10.2. The van der Waals surface area contributed by atoms with Crippen LogP contribution in [0.2, 0.25) is 23.2 Å². The highest BCUT2D eigenvalue weighted by atomic mass is 35.5. The van der Waals surface area contributed by atoms with E-state index < -0.39 is 30.1 Å². The Morgan fingerprint density at radius 1 is 1.22 bits per heavy atom. The van der Waals surface area contributed by atoms with Crippen molar-refractivity contribution in [2.45, 2.75) is 64.7 Å². The predicted molar refractivity (Wildman–Crippen MR) is 126 cm³/mol. The van der Waals surface area contributed by atoms with Gasteiger partial charge in [0.1, 0.15) is 0 Å². The molecule has 0 bridgehead atoms. The Morgan fingerprint density at radius 2 is 1.84 bits per heavy atom. The molecule has 5 nitrogen and oxygen atoms in total.